The van der Waals surface area contributed by atoms with Gasteiger partial charge in [0.15, 0.2) is 0 Å². The van der Waals surface area contributed by atoms with Crippen molar-refractivity contribution in [2.24, 2.45) is 0 Å². The number of rotatable bonds is 9. The Balaban J connectivity index is 2.27. The molecular formula is C15H24ClNO3. The molecule has 0 aromatic heterocycles. The standard InChI is InChI=1S/C15H24ClNO3/c1-12(10-19-3)20-11-15(18)9-17(2)8-13-4-6-14(16)7-5-13/h4-7,12,15,18H,8-11H2,1-3H3. The molecule has 0 fully saturated rings. The van der Waals surface area contributed by atoms with Gasteiger partial charge in [0.1, 0.15) is 0 Å². The number of ether oxygens (including phenoxy) is 2. The highest BCUT2D eigenvalue weighted by atomic mass is 35.5. The first-order valence-electron chi connectivity index (χ1n) is 6.73. The number of nitrogens with zero attached hydrogens (tertiary/aromatic N) is 1. The number of halogens is 1. The van der Waals surface area contributed by atoms with Crippen LogP contribution >= 0.6 is 11.6 Å². The molecule has 0 saturated carbocycles. The van der Waals surface area contributed by atoms with Gasteiger partial charge in [-0.2, -0.15) is 0 Å². The maximum absolute atomic E-state index is 9.93. The molecule has 1 N–H and O–H groups in total. The van der Waals surface area contributed by atoms with Crippen LogP contribution in [0.1, 0.15) is 12.5 Å². The van der Waals surface area contributed by atoms with E-state index in [-0.39, 0.29) is 6.10 Å². The van der Waals surface area contributed by atoms with Gasteiger partial charge in [-0.25, -0.2) is 0 Å². The molecule has 0 aliphatic heterocycles. The second-order valence-corrected chi connectivity index (χ2v) is 5.51. The van der Waals surface area contributed by atoms with Crippen molar-refractivity contribution in [1.82, 2.24) is 4.90 Å². The Kier molecular flexibility index (Phi) is 8.11. The highest BCUT2D eigenvalue weighted by Gasteiger charge is 2.11. The minimum Gasteiger partial charge on any atom is -0.389 e. The molecule has 0 aliphatic carbocycles. The topological polar surface area (TPSA) is 41.9 Å². The number of likely N-dealkylation sites (N-methyl/N-ethyl adjacent to an activating group) is 1. The molecule has 2 atom stereocenters. The van der Waals surface area contributed by atoms with E-state index in [2.05, 4.69) is 4.90 Å². The highest BCUT2D eigenvalue weighted by molar-refractivity contribution is 6.30. The number of hydrogen-bond donors (Lipinski definition) is 1. The summed E-state index contributed by atoms with van der Waals surface area (Å²) in [5.41, 5.74) is 1.16. The predicted octanol–water partition coefficient (Wildman–Crippen LogP) is 2.18. The zero-order valence-corrected chi connectivity index (χ0v) is 13.1. The Bertz CT molecular complexity index is 372. The van der Waals surface area contributed by atoms with Crippen molar-refractivity contribution >= 4 is 11.6 Å². The number of hydrogen-bond acceptors (Lipinski definition) is 4. The van der Waals surface area contributed by atoms with Crippen LogP contribution in [0.3, 0.4) is 0 Å². The summed E-state index contributed by atoms with van der Waals surface area (Å²) in [5.74, 6) is 0. The normalized spacial score (nSPS) is 14.5. The summed E-state index contributed by atoms with van der Waals surface area (Å²) in [6, 6.07) is 7.72. The summed E-state index contributed by atoms with van der Waals surface area (Å²) in [4.78, 5) is 2.05. The first-order valence-corrected chi connectivity index (χ1v) is 7.10. The molecule has 1 rings (SSSR count). The van der Waals surface area contributed by atoms with Crippen molar-refractivity contribution in [3.8, 4) is 0 Å². The van der Waals surface area contributed by atoms with E-state index in [1.54, 1.807) is 7.11 Å². The van der Waals surface area contributed by atoms with Gasteiger partial charge in [-0.3, -0.25) is 4.90 Å². The van der Waals surface area contributed by atoms with Crippen LogP contribution in [0, 0.1) is 0 Å². The van der Waals surface area contributed by atoms with Crippen LogP contribution in [0.15, 0.2) is 24.3 Å². The lowest BCUT2D eigenvalue weighted by atomic mass is 10.2. The van der Waals surface area contributed by atoms with Crippen molar-refractivity contribution in [2.45, 2.75) is 25.7 Å². The van der Waals surface area contributed by atoms with Crippen LogP contribution in [0.5, 0.6) is 0 Å². The van der Waals surface area contributed by atoms with Gasteiger partial charge in [-0.15, -0.1) is 0 Å². The molecule has 0 heterocycles. The third kappa shape index (κ3) is 7.22. The smallest absolute Gasteiger partial charge is 0.0900 e. The SMILES string of the molecule is COCC(C)OCC(O)CN(C)Cc1ccc(Cl)cc1. The first-order chi connectivity index (χ1) is 9.51. The van der Waals surface area contributed by atoms with Gasteiger partial charge in [0.25, 0.3) is 0 Å². The van der Waals surface area contributed by atoms with Gasteiger partial charge in [-0.1, -0.05) is 23.7 Å². The Morgan fingerprint density at radius 1 is 1.25 bits per heavy atom. The molecule has 4 nitrogen and oxygen atoms in total. The van der Waals surface area contributed by atoms with E-state index in [1.807, 2.05) is 38.2 Å². The monoisotopic (exact) mass is 301 g/mol. The Morgan fingerprint density at radius 2 is 1.90 bits per heavy atom. The van der Waals surface area contributed by atoms with Crippen molar-refractivity contribution in [1.29, 1.82) is 0 Å². The van der Waals surface area contributed by atoms with Crippen LogP contribution in [0.25, 0.3) is 0 Å². The molecule has 2 unspecified atom stereocenters. The molecule has 20 heavy (non-hydrogen) atoms. The summed E-state index contributed by atoms with van der Waals surface area (Å²) in [7, 11) is 3.60. The van der Waals surface area contributed by atoms with Crippen molar-refractivity contribution < 1.29 is 14.6 Å². The molecule has 1 aromatic rings. The van der Waals surface area contributed by atoms with Crippen molar-refractivity contribution in [2.75, 3.05) is 33.9 Å². The fourth-order valence-corrected chi connectivity index (χ4v) is 2.06. The Labute approximate surface area is 126 Å². The van der Waals surface area contributed by atoms with Gasteiger partial charge in [0, 0.05) is 25.2 Å². The van der Waals surface area contributed by atoms with Gasteiger partial charge >= 0.3 is 0 Å². The molecule has 0 amide bonds. The summed E-state index contributed by atoms with van der Waals surface area (Å²) in [5, 5.41) is 10.7. The van der Waals surface area contributed by atoms with Gasteiger partial charge in [0.2, 0.25) is 0 Å². The molecule has 5 heteroatoms. The van der Waals surface area contributed by atoms with Crippen LogP contribution in [0.4, 0.5) is 0 Å². The molecule has 0 bridgehead atoms. The van der Waals surface area contributed by atoms with Gasteiger partial charge < -0.3 is 14.6 Å². The lowest BCUT2D eigenvalue weighted by molar-refractivity contribution is -0.0385. The third-order valence-corrected chi connectivity index (χ3v) is 3.11. The lowest BCUT2D eigenvalue weighted by Crippen LogP contribution is -2.33. The number of aliphatic hydroxyl groups excluding tert-OH is 1. The molecule has 114 valence electrons. The van der Waals surface area contributed by atoms with E-state index in [0.717, 1.165) is 17.1 Å². The second kappa shape index (κ2) is 9.32. The molecule has 1 aromatic carbocycles. The van der Waals surface area contributed by atoms with Crippen LogP contribution in [0.2, 0.25) is 5.02 Å². The number of methoxy groups -OCH3 is 1. The fourth-order valence-electron chi connectivity index (χ4n) is 1.94. The summed E-state index contributed by atoms with van der Waals surface area (Å²) < 4.78 is 10.5. The molecule has 0 aliphatic rings. The average molecular weight is 302 g/mol. The molecule has 0 spiro atoms. The van der Waals surface area contributed by atoms with E-state index < -0.39 is 6.10 Å². The quantitative estimate of drug-likeness (QED) is 0.759. The maximum Gasteiger partial charge on any atom is 0.0900 e. The first kappa shape index (κ1) is 17.4. The van der Waals surface area contributed by atoms with E-state index in [0.29, 0.717) is 19.8 Å². The molecule has 0 saturated heterocycles. The number of aliphatic hydroxyl groups is 1. The summed E-state index contributed by atoms with van der Waals surface area (Å²) in [6.45, 7) is 4.10. The van der Waals surface area contributed by atoms with Crippen LogP contribution in [-0.4, -0.2) is 56.1 Å². The van der Waals surface area contributed by atoms with E-state index in [9.17, 15) is 5.11 Å². The zero-order valence-electron chi connectivity index (χ0n) is 12.4. The van der Waals surface area contributed by atoms with Gasteiger partial charge in [0.05, 0.1) is 25.4 Å². The Hall–Kier alpha value is -0.650. The van der Waals surface area contributed by atoms with Crippen molar-refractivity contribution in [3.05, 3.63) is 34.9 Å². The lowest BCUT2D eigenvalue weighted by Gasteiger charge is -2.22. The Morgan fingerprint density at radius 3 is 2.50 bits per heavy atom. The zero-order chi connectivity index (χ0) is 15.0. The largest absolute Gasteiger partial charge is 0.389 e. The average Bonchev–Trinajstić information content (AvgIpc) is 2.39. The van der Waals surface area contributed by atoms with Crippen LogP contribution < -0.4 is 0 Å². The van der Waals surface area contributed by atoms with E-state index >= 15 is 0 Å². The van der Waals surface area contributed by atoms with E-state index in [4.69, 9.17) is 21.1 Å². The summed E-state index contributed by atoms with van der Waals surface area (Å²) in [6.07, 6.45) is -0.511. The fraction of sp³-hybridized carbons (Fsp3) is 0.600. The minimum absolute atomic E-state index is 0.00350. The van der Waals surface area contributed by atoms with Crippen LogP contribution in [-0.2, 0) is 16.0 Å². The maximum atomic E-state index is 9.93. The molecule has 0 radical (unpaired) electrons. The molecular weight excluding hydrogens is 278 g/mol. The van der Waals surface area contributed by atoms with E-state index in [1.165, 1.54) is 0 Å². The van der Waals surface area contributed by atoms with Gasteiger partial charge in [-0.05, 0) is 31.7 Å². The second-order valence-electron chi connectivity index (χ2n) is 5.08. The minimum atomic E-state index is -0.508. The third-order valence-electron chi connectivity index (χ3n) is 2.86. The number of benzene rings is 1. The highest BCUT2D eigenvalue weighted by Crippen LogP contribution is 2.11. The summed E-state index contributed by atoms with van der Waals surface area (Å²) >= 11 is 5.85. The predicted molar refractivity (Wildman–Crippen MR) is 81.1 cm³/mol. The van der Waals surface area contributed by atoms with Crippen molar-refractivity contribution in [3.63, 3.8) is 0 Å².